The molecule has 1 aliphatic rings. The van der Waals surface area contributed by atoms with Crippen LogP contribution in [0.25, 0.3) is 0 Å². The highest BCUT2D eigenvalue weighted by molar-refractivity contribution is 8.01. The van der Waals surface area contributed by atoms with Crippen LogP contribution in [0.4, 0.5) is 5.13 Å². The third kappa shape index (κ3) is 4.08. The van der Waals surface area contributed by atoms with E-state index in [4.69, 9.17) is 5.73 Å². The highest BCUT2D eigenvalue weighted by Crippen LogP contribution is 2.26. The van der Waals surface area contributed by atoms with Crippen molar-refractivity contribution >= 4 is 44.2 Å². The van der Waals surface area contributed by atoms with Gasteiger partial charge in [0.25, 0.3) is 0 Å². The second-order valence-electron chi connectivity index (χ2n) is 4.35. The molecule has 0 aromatic carbocycles. The van der Waals surface area contributed by atoms with Crippen molar-refractivity contribution in [1.82, 2.24) is 14.2 Å². The zero-order chi connectivity index (χ0) is 14.8. The molecule has 20 heavy (non-hydrogen) atoms. The van der Waals surface area contributed by atoms with Crippen LogP contribution in [-0.2, 0) is 14.8 Å². The number of thiazole rings is 1. The molecule has 0 unspecified atom stereocenters. The van der Waals surface area contributed by atoms with Crippen LogP contribution in [0.2, 0.25) is 0 Å². The molecule has 0 radical (unpaired) electrons. The molecule has 1 saturated heterocycles. The predicted octanol–water partition coefficient (Wildman–Crippen LogP) is -0.0788. The number of hydrogen-bond acceptors (Lipinski definition) is 7. The number of thioether (sulfide) groups is 1. The van der Waals surface area contributed by atoms with Crippen LogP contribution < -0.4 is 5.73 Å². The summed E-state index contributed by atoms with van der Waals surface area (Å²) in [7, 11) is -3.16. The van der Waals surface area contributed by atoms with Crippen molar-refractivity contribution in [2.24, 2.45) is 0 Å². The van der Waals surface area contributed by atoms with Crippen LogP contribution in [0.3, 0.4) is 0 Å². The maximum absolute atomic E-state index is 12.0. The second kappa shape index (κ2) is 6.29. The number of hydrogen-bond donors (Lipinski definition) is 1. The number of nitrogen functional groups attached to an aromatic ring is 1. The van der Waals surface area contributed by atoms with Gasteiger partial charge in [0.2, 0.25) is 15.9 Å². The Labute approximate surface area is 126 Å². The number of piperazine rings is 1. The molecule has 0 bridgehead atoms. The quantitative estimate of drug-likeness (QED) is 0.773. The van der Waals surface area contributed by atoms with Gasteiger partial charge in [-0.25, -0.2) is 13.4 Å². The molecule has 10 heteroatoms. The van der Waals surface area contributed by atoms with Gasteiger partial charge in [-0.1, -0.05) is 11.3 Å². The van der Waals surface area contributed by atoms with E-state index in [-0.39, 0.29) is 5.91 Å². The first-order chi connectivity index (χ1) is 9.36. The molecule has 1 fully saturated rings. The van der Waals surface area contributed by atoms with Crippen LogP contribution in [0.5, 0.6) is 0 Å². The summed E-state index contributed by atoms with van der Waals surface area (Å²) in [6.07, 6.45) is 2.84. The van der Waals surface area contributed by atoms with Crippen molar-refractivity contribution < 1.29 is 13.2 Å². The summed E-state index contributed by atoms with van der Waals surface area (Å²) < 4.78 is 25.1. The van der Waals surface area contributed by atoms with Gasteiger partial charge in [0.05, 0.1) is 22.4 Å². The minimum absolute atomic E-state index is 0.00937. The number of sulfonamides is 1. The average Bonchev–Trinajstić information content (AvgIpc) is 2.81. The van der Waals surface area contributed by atoms with Gasteiger partial charge in [0.15, 0.2) is 5.13 Å². The van der Waals surface area contributed by atoms with Crippen molar-refractivity contribution in [2.45, 2.75) is 4.21 Å². The Kier molecular flexibility index (Phi) is 4.89. The van der Waals surface area contributed by atoms with Gasteiger partial charge in [-0.2, -0.15) is 4.31 Å². The summed E-state index contributed by atoms with van der Waals surface area (Å²) in [6.45, 7) is 1.61. The topological polar surface area (TPSA) is 96.6 Å². The zero-order valence-electron chi connectivity index (χ0n) is 11.0. The van der Waals surface area contributed by atoms with Crippen LogP contribution in [-0.4, -0.2) is 66.7 Å². The molecule has 2 heterocycles. The molecule has 1 aromatic heterocycles. The first-order valence-corrected chi connectivity index (χ1v) is 9.58. The maximum atomic E-state index is 12.0. The lowest BCUT2D eigenvalue weighted by Crippen LogP contribution is -2.50. The summed E-state index contributed by atoms with van der Waals surface area (Å²) in [5.74, 6) is 0.329. The molecule has 0 saturated carbocycles. The fourth-order valence-corrected chi connectivity index (χ4v) is 4.32. The standard InChI is InChI=1S/C10H16N4O3S3/c1-20(16,17)14-4-2-13(3-5-14)8(15)7-18-9-6-12-10(11)19-9/h6H,2-5,7H2,1H3,(H2,11,12). The minimum atomic E-state index is -3.16. The number of carbonyl (C=O) groups excluding carboxylic acids is 1. The first-order valence-electron chi connectivity index (χ1n) is 5.93. The Morgan fingerprint density at radius 1 is 1.45 bits per heavy atom. The molecule has 1 aliphatic heterocycles. The molecule has 0 spiro atoms. The average molecular weight is 336 g/mol. The van der Waals surface area contributed by atoms with E-state index in [0.717, 1.165) is 4.21 Å². The monoisotopic (exact) mass is 336 g/mol. The lowest BCUT2D eigenvalue weighted by Gasteiger charge is -2.33. The number of carbonyl (C=O) groups is 1. The van der Waals surface area contributed by atoms with E-state index < -0.39 is 10.0 Å². The largest absolute Gasteiger partial charge is 0.375 e. The molecular weight excluding hydrogens is 320 g/mol. The first kappa shape index (κ1) is 15.5. The van der Waals surface area contributed by atoms with E-state index >= 15 is 0 Å². The molecule has 0 aliphatic carbocycles. The molecule has 0 atom stereocenters. The van der Waals surface area contributed by atoms with Gasteiger partial charge in [-0.3, -0.25) is 4.79 Å². The molecule has 1 aromatic rings. The van der Waals surface area contributed by atoms with Gasteiger partial charge in [-0.15, -0.1) is 11.8 Å². The van der Waals surface area contributed by atoms with E-state index in [9.17, 15) is 13.2 Å². The van der Waals surface area contributed by atoms with Crippen molar-refractivity contribution in [3.8, 4) is 0 Å². The normalized spacial score (nSPS) is 17.4. The summed E-state index contributed by atoms with van der Waals surface area (Å²) in [4.78, 5) is 17.6. The van der Waals surface area contributed by atoms with E-state index in [0.29, 0.717) is 37.1 Å². The van der Waals surface area contributed by atoms with E-state index in [2.05, 4.69) is 4.98 Å². The highest BCUT2D eigenvalue weighted by atomic mass is 32.2. The summed E-state index contributed by atoms with van der Waals surface area (Å²) in [6, 6.07) is 0. The molecule has 2 N–H and O–H groups in total. The lowest BCUT2D eigenvalue weighted by molar-refractivity contribution is -0.129. The van der Waals surface area contributed by atoms with Crippen LogP contribution in [0.1, 0.15) is 0 Å². The Morgan fingerprint density at radius 3 is 2.60 bits per heavy atom. The number of aromatic nitrogens is 1. The van der Waals surface area contributed by atoms with Gasteiger partial charge < -0.3 is 10.6 Å². The molecule has 2 rings (SSSR count). The molecular formula is C10H16N4O3S3. The molecule has 112 valence electrons. The number of nitrogens with two attached hydrogens (primary N) is 1. The Balaban J connectivity index is 1.80. The van der Waals surface area contributed by atoms with Crippen molar-refractivity contribution in [2.75, 3.05) is 43.9 Å². The minimum Gasteiger partial charge on any atom is -0.375 e. The Hall–Kier alpha value is -0.840. The number of amides is 1. The third-order valence-electron chi connectivity index (χ3n) is 2.90. The predicted molar refractivity (Wildman–Crippen MR) is 80.2 cm³/mol. The number of anilines is 1. The SMILES string of the molecule is CS(=O)(=O)N1CCN(C(=O)CSc2cnc(N)s2)CC1. The van der Waals surface area contributed by atoms with Crippen molar-refractivity contribution in [3.63, 3.8) is 0 Å². The fourth-order valence-electron chi connectivity index (χ4n) is 1.83. The number of rotatable bonds is 4. The smallest absolute Gasteiger partial charge is 0.233 e. The van der Waals surface area contributed by atoms with Crippen LogP contribution >= 0.6 is 23.1 Å². The van der Waals surface area contributed by atoms with E-state index in [1.54, 1.807) is 11.1 Å². The summed E-state index contributed by atoms with van der Waals surface area (Å²) in [5.41, 5.74) is 5.52. The molecule has 1 amide bonds. The number of nitrogens with zero attached hydrogens (tertiary/aromatic N) is 3. The second-order valence-corrected chi connectivity index (χ2v) is 8.67. The third-order valence-corrected chi connectivity index (χ3v) is 6.21. The summed E-state index contributed by atoms with van der Waals surface area (Å²) in [5, 5.41) is 0.488. The zero-order valence-corrected chi connectivity index (χ0v) is 13.4. The molecule has 7 nitrogen and oxygen atoms in total. The van der Waals surface area contributed by atoms with Crippen LogP contribution in [0, 0.1) is 0 Å². The van der Waals surface area contributed by atoms with Gasteiger partial charge >= 0.3 is 0 Å². The van der Waals surface area contributed by atoms with E-state index in [1.807, 2.05) is 0 Å². The maximum Gasteiger partial charge on any atom is 0.233 e. The van der Waals surface area contributed by atoms with Crippen molar-refractivity contribution in [1.29, 1.82) is 0 Å². The Morgan fingerprint density at radius 2 is 2.10 bits per heavy atom. The van der Waals surface area contributed by atoms with Crippen LogP contribution in [0.15, 0.2) is 10.4 Å². The van der Waals surface area contributed by atoms with E-state index in [1.165, 1.54) is 33.7 Å². The Bertz CT molecular complexity index is 578. The lowest BCUT2D eigenvalue weighted by atomic mass is 10.3. The fraction of sp³-hybridized carbons (Fsp3) is 0.600. The van der Waals surface area contributed by atoms with Gasteiger partial charge in [0.1, 0.15) is 0 Å². The highest BCUT2D eigenvalue weighted by Gasteiger charge is 2.25. The van der Waals surface area contributed by atoms with Gasteiger partial charge in [-0.05, 0) is 0 Å². The summed E-state index contributed by atoms with van der Waals surface area (Å²) >= 11 is 2.75. The van der Waals surface area contributed by atoms with Crippen molar-refractivity contribution in [3.05, 3.63) is 6.20 Å². The van der Waals surface area contributed by atoms with Gasteiger partial charge in [0, 0.05) is 26.2 Å².